The molecule has 0 atom stereocenters. The summed E-state index contributed by atoms with van der Waals surface area (Å²) in [7, 11) is -2.59. The number of ether oxygens (including phenoxy) is 2. The standard InChI is InChI=1S/C28H27N3O5S2/c1-19-9-12-22(13-10-19)29-28-30-23(18-37-28)17-36-27(32)21-11-14-25(35-2)26(16-21)38(33,34)31-15-5-7-20-6-3-4-8-24(20)31/h3-4,6,8-14,16,18H,5,7,15,17H2,1-2H3,(H,29,30). The number of para-hydroxylation sites is 1. The molecule has 38 heavy (non-hydrogen) atoms. The highest BCUT2D eigenvalue weighted by atomic mass is 32.2. The van der Waals surface area contributed by atoms with E-state index in [1.807, 2.05) is 54.8 Å². The molecule has 0 fully saturated rings. The van der Waals surface area contributed by atoms with Gasteiger partial charge >= 0.3 is 5.97 Å². The van der Waals surface area contributed by atoms with E-state index in [-0.39, 0.29) is 22.8 Å². The Hall–Kier alpha value is -3.89. The van der Waals surface area contributed by atoms with Gasteiger partial charge in [0.15, 0.2) is 5.13 Å². The lowest BCUT2D eigenvalue weighted by Gasteiger charge is -2.30. The van der Waals surface area contributed by atoms with Crippen molar-refractivity contribution in [1.82, 2.24) is 4.98 Å². The third-order valence-electron chi connectivity index (χ3n) is 6.24. The van der Waals surface area contributed by atoms with Crippen LogP contribution in [0.5, 0.6) is 5.75 Å². The van der Waals surface area contributed by atoms with Crippen molar-refractivity contribution in [3.8, 4) is 5.75 Å². The lowest BCUT2D eigenvalue weighted by Crippen LogP contribution is -2.35. The monoisotopic (exact) mass is 549 g/mol. The number of sulfonamides is 1. The molecule has 1 aliphatic rings. The smallest absolute Gasteiger partial charge is 0.338 e. The van der Waals surface area contributed by atoms with Crippen molar-refractivity contribution in [3.05, 3.63) is 94.5 Å². The number of hydrogen-bond acceptors (Lipinski definition) is 8. The van der Waals surface area contributed by atoms with Crippen molar-refractivity contribution in [3.63, 3.8) is 0 Å². The number of nitrogens with one attached hydrogen (secondary N) is 1. The minimum absolute atomic E-state index is 0.0431. The Morgan fingerprint density at radius 1 is 1.11 bits per heavy atom. The fourth-order valence-corrected chi connectivity index (χ4v) is 6.73. The minimum atomic E-state index is -3.99. The summed E-state index contributed by atoms with van der Waals surface area (Å²) in [6.07, 6.45) is 1.51. The molecule has 4 aromatic rings. The molecule has 0 aliphatic carbocycles. The zero-order valence-electron chi connectivity index (χ0n) is 21.0. The Morgan fingerprint density at radius 2 is 1.89 bits per heavy atom. The van der Waals surface area contributed by atoms with Crippen molar-refractivity contribution < 1.29 is 22.7 Å². The lowest BCUT2D eigenvalue weighted by atomic mass is 10.0. The molecule has 8 nitrogen and oxygen atoms in total. The third-order valence-corrected chi connectivity index (χ3v) is 8.88. The maximum atomic E-state index is 13.7. The van der Waals surface area contributed by atoms with E-state index in [0.29, 0.717) is 29.5 Å². The maximum Gasteiger partial charge on any atom is 0.338 e. The second-order valence-corrected chi connectivity index (χ2v) is 11.6. The number of anilines is 3. The molecule has 0 spiro atoms. The number of thiazole rings is 1. The lowest BCUT2D eigenvalue weighted by molar-refractivity contribution is 0.0468. The molecule has 0 saturated heterocycles. The number of rotatable bonds is 8. The van der Waals surface area contributed by atoms with Crippen LogP contribution in [-0.2, 0) is 27.8 Å². The minimum Gasteiger partial charge on any atom is -0.495 e. The van der Waals surface area contributed by atoms with Gasteiger partial charge in [0.25, 0.3) is 10.0 Å². The number of nitrogens with zero attached hydrogens (tertiary/aromatic N) is 2. The number of methoxy groups -OCH3 is 1. The predicted molar refractivity (Wildman–Crippen MR) is 148 cm³/mol. The Labute approximate surface area is 225 Å². The molecule has 0 unspecified atom stereocenters. The van der Waals surface area contributed by atoms with Crippen LogP contribution in [0.2, 0.25) is 0 Å². The van der Waals surface area contributed by atoms with Gasteiger partial charge in [-0.15, -0.1) is 11.3 Å². The number of esters is 1. The van der Waals surface area contributed by atoms with Crippen molar-refractivity contribution in [2.24, 2.45) is 0 Å². The van der Waals surface area contributed by atoms with Crippen molar-refractivity contribution >= 4 is 43.8 Å². The van der Waals surface area contributed by atoms with Gasteiger partial charge in [-0.2, -0.15) is 0 Å². The first kappa shape index (κ1) is 25.7. The summed E-state index contributed by atoms with van der Waals surface area (Å²) in [5.74, 6) is -0.486. The van der Waals surface area contributed by atoms with E-state index in [0.717, 1.165) is 23.2 Å². The van der Waals surface area contributed by atoms with Crippen LogP contribution in [0.1, 0.15) is 33.6 Å². The summed E-state index contributed by atoms with van der Waals surface area (Å²) in [4.78, 5) is 17.3. The van der Waals surface area contributed by atoms with E-state index in [4.69, 9.17) is 9.47 Å². The fraction of sp³-hybridized carbons (Fsp3) is 0.214. The van der Waals surface area contributed by atoms with E-state index in [1.54, 1.807) is 6.07 Å². The zero-order valence-corrected chi connectivity index (χ0v) is 22.6. The van der Waals surface area contributed by atoms with Crippen LogP contribution in [0.3, 0.4) is 0 Å². The normalized spacial score (nSPS) is 13.1. The van der Waals surface area contributed by atoms with Gasteiger partial charge in [0.05, 0.1) is 24.1 Å². The van der Waals surface area contributed by atoms with Crippen LogP contribution < -0.4 is 14.4 Å². The summed E-state index contributed by atoms with van der Waals surface area (Å²) < 4.78 is 39.7. The van der Waals surface area contributed by atoms with E-state index < -0.39 is 16.0 Å². The number of hydrogen-bond donors (Lipinski definition) is 1. The fourth-order valence-electron chi connectivity index (χ4n) is 4.29. The van der Waals surface area contributed by atoms with Gasteiger partial charge in [-0.1, -0.05) is 35.9 Å². The van der Waals surface area contributed by atoms with Crippen LogP contribution in [0, 0.1) is 6.92 Å². The van der Waals surface area contributed by atoms with Crippen LogP contribution >= 0.6 is 11.3 Å². The Bertz CT molecular complexity index is 1570. The summed E-state index contributed by atoms with van der Waals surface area (Å²) >= 11 is 1.40. The molecule has 0 amide bonds. The van der Waals surface area contributed by atoms with Crippen molar-refractivity contribution in [2.75, 3.05) is 23.3 Å². The molecule has 0 saturated carbocycles. The summed E-state index contributed by atoms with van der Waals surface area (Å²) in [6, 6.07) is 19.7. The molecule has 0 bridgehead atoms. The zero-order chi connectivity index (χ0) is 26.7. The predicted octanol–water partition coefficient (Wildman–Crippen LogP) is 5.70. The van der Waals surface area contributed by atoms with E-state index in [2.05, 4.69) is 10.3 Å². The third kappa shape index (κ3) is 5.36. The number of aryl methyl sites for hydroxylation is 2. The van der Waals surface area contributed by atoms with Gasteiger partial charge in [-0.3, -0.25) is 4.31 Å². The maximum absolute atomic E-state index is 13.7. The van der Waals surface area contributed by atoms with Gasteiger partial charge in [-0.25, -0.2) is 18.2 Å². The highest BCUT2D eigenvalue weighted by molar-refractivity contribution is 7.93. The van der Waals surface area contributed by atoms with E-state index >= 15 is 0 Å². The topological polar surface area (TPSA) is 97.8 Å². The van der Waals surface area contributed by atoms with E-state index in [9.17, 15) is 13.2 Å². The Kier molecular flexibility index (Phi) is 7.35. The number of fused-ring (bicyclic) bond motifs is 1. The van der Waals surface area contributed by atoms with Crippen molar-refractivity contribution in [1.29, 1.82) is 0 Å². The van der Waals surface area contributed by atoms with Gasteiger partial charge in [-0.05, 0) is 61.7 Å². The van der Waals surface area contributed by atoms with E-state index in [1.165, 1.54) is 41.0 Å². The summed E-state index contributed by atoms with van der Waals surface area (Å²) in [5.41, 5.74) is 4.39. The summed E-state index contributed by atoms with van der Waals surface area (Å²) in [5, 5.41) is 5.71. The molecule has 1 aliphatic heterocycles. The molecule has 3 aromatic carbocycles. The van der Waals surface area contributed by atoms with Crippen LogP contribution in [-0.4, -0.2) is 33.0 Å². The number of carbonyl (C=O) groups is 1. The Morgan fingerprint density at radius 3 is 2.68 bits per heavy atom. The van der Waals surface area contributed by atoms with Crippen LogP contribution in [0.15, 0.2) is 77.0 Å². The highest BCUT2D eigenvalue weighted by Crippen LogP contribution is 2.35. The second kappa shape index (κ2) is 10.8. The van der Waals surface area contributed by atoms with Crippen LogP contribution in [0.4, 0.5) is 16.5 Å². The first-order valence-corrected chi connectivity index (χ1v) is 14.4. The molecule has 1 N–H and O–H groups in total. The molecule has 5 rings (SSSR count). The quantitative estimate of drug-likeness (QED) is 0.282. The average Bonchev–Trinajstić information content (AvgIpc) is 3.39. The average molecular weight is 550 g/mol. The number of aromatic nitrogens is 1. The molecular formula is C28H27N3O5S2. The van der Waals surface area contributed by atoms with Crippen LogP contribution in [0.25, 0.3) is 0 Å². The first-order valence-electron chi connectivity index (χ1n) is 12.1. The SMILES string of the molecule is COc1ccc(C(=O)OCc2csc(Nc3ccc(C)cc3)n2)cc1S(=O)(=O)N1CCCc2ccccc21. The summed E-state index contributed by atoms with van der Waals surface area (Å²) in [6.45, 7) is 2.33. The van der Waals surface area contributed by atoms with Crippen molar-refractivity contribution in [2.45, 2.75) is 31.3 Å². The number of carbonyl (C=O) groups excluding carboxylic acids is 1. The Balaban J connectivity index is 1.32. The number of benzene rings is 3. The molecule has 196 valence electrons. The molecule has 1 aromatic heterocycles. The highest BCUT2D eigenvalue weighted by Gasteiger charge is 2.32. The van der Waals surface area contributed by atoms with Gasteiger partial charge in [0, 0.05) is 17.6 Å². The second-order valence-electron chi connectivity index (χ2n) is 8.89. The molecule has 2 heterocycles. The van der Waals surface area contributed by atoms with Gasteiger partial charge in [0.1, 0.15) is 17.3 Å². The molecular weight excluding hydrogens is 522 g/mol. The first-order chi connectivity index (χ1) is 18.3. The molecule has 10 heteroatoms. The largest absolute Gasteiger partial charge is 0.495 e. The van der Waals surface area contributed by atoms with Gasteiger partial charge < -0.3 is 14.8 Å². The molecule has 0 radical (unpaired) electrons. The van der Waals surface area contributed by atoms with Gasteiger partial charge in [0.2, 0.25) is 0 Å².